The summed E-state index contributed by atoms with van der Waals surface area (Å²) >= 11 is 5.77. The molecular formula is C18H13ClF3N5O. The number of nitrogens with two attached hydrogens (primary N) is 1. The average Bonchev–Trinajstić information content (AvgIpc) is 3.08. The summed E-state index contributed by atoms with van der Waals surface area (Å²) in [4.78, 5) is 12.5. The molecule has 0 bridgehead atoms. The number of carbonyl (C=O) groups is 1. The van der Waals surface area contributed by atoms with Gasteiger partial charge in [0.1, 0.15) is 5.84 Å². The first-order valence-electron chi connectivity index (χ1n) is 7.84. The van der Waals surface area contributed by atoms with E-state index >= 15 is 0 Å². The van der Waals surface area contributed by atoms with Crippen molar-refractivity contribution >= 4 is 29.0 Å². The van der Waals surface area contributed by atoms with Crippen LogP contribution in [0, 0.1) is 5.41 Å². The van der Waals surface area contributed by atoms with Gasteiger partial charge in [0.2, 0.25) is 0 Å². The van der Waals surface area contributed by atoms with E-state index in [9.17, 15) is 18.0 Å². The maximum atomic E-state index is 13.7. The molecule has 0 aliphatic rings. The van der Waals surface area contributed by atoms with E-state index in [1.165, 1.54) is 48.5 Å². The number of nitrogens with zero attached hydrogens (tertiary/aromatic N) is 2. The highest BCUT2D eigenvalue weighted by molar-refractivity contribution is 6.30. The molecule has 0 atom stereocenters. The van der Waals surface area contributed by atoms with Crippen molar-refractivity contribution in [1.82, 2.24) is 9.78 Å². The van der Waals surface area contributed by atoms with Crippen LogP contribution in [0.1, 0.15) is 21.6 Å². The topological polar surface area (TPSA) is 96.8 Å². The Labute approximate surface area is 162 Å². The molecule has 3 rings (SSSR count). The van der Waals surface area contributed by atoms with Crippen molar-refractivity contribution < 1.29 is 18.0 Å². The van der Waals surface area contributed by atoms with Gasteiger partial charge in [-0.15, -0.1) is 0 Å². The van der Waals surface area contributed by atoms with Crippen LogP contribution in [0.5, 0.6) is 0 Å². The lowest BCUT2D eigenvalue weighted by molar-refractivity contribution is -0.143. The number of amides is 1. The number of benzene rings is 2. The first kappa shape index (κ1) is 19.4. The minimum absolute atomic E-state index is 0.106. The summed E-state index contributed by atoms with van der Waals surface area (Å²) in [5.74, 6) is -1.23. The standard InChI is InChI=1S/C18H13ClF3N5O/c19-11-4-6-13(7-5-11)27-15(18(20,21)22)14(9-25-27)17(28)26-12-3-1-2-10(8-12)16(23)24/h1-9H,(H3,23,24)(H,26,28). The summed E-state index contributed by atoms with van der Waals surface area (Å²) in [5.41, 5.74) is 4.16. The largest absolute Gasteiger partial charge is 0.434 e. The van der Waals surface area contributed by atoms with E-state index in [0.29, 0.717) is 15.3 Å². The molecule has 144 valence electrons. The molecule has 0 spiro atoms. The highest BCUT2D eigenvalue weighted by Gasteiger charge is 2.40. The molecule has 4 N–H and O–H groups in total. The Morgan fingerprint density at radius 1 is 1.18 bits per heavy atom. The van der Waals surface area contributed by atoms with Gasteiger partial charge in [0.25, 0.3) is 5.91 Å². The number of hydrogen-bond acceptors (Lipinski definition) is 3. The number of hydrogen-bond donors (Lipinski definition) is 3. The molecule has 0 radical (unpaired) electrons. The second-order valence-corrected chi connectivity index (χ2v) is 6.18. The van der Waals surface area contributed by atoms with E-state index in [-0.39, 0.29) is 17.2 Å². The summed E-state index contributed by atoms with van der Waals surface area (Å²) in [6, 6.07) is 11.5. The van der Waals surface area contributed by atoms with Crippen LogP contribution in [-0.2, 0) is 6.18 Å². The van der Waals surface area contributed by atoms with Gasteiger partial charge in [-0.1, -0.05) is 23.7 Å². The average molecular weight is 408 g/mol. The molecule has 2 aromatic carbocycles. The monoisotopic (exact) mass is 407 g/mol. The van der Waals surface area contributed by atoms with E-state index in [0.717, 1.165) is 6.20 Å². The van der Waals surface area contributed by atoms with Crippen LogP contribution in [0.2, 0.25) is 5.02 Å². The summed E-state index contributed by atoms with van der Waals surface area (Å²) in [6.07, 6.45) is -3.98. The Hall–Kier alpha value is -3.33. The van der Waals surface area contributed by atoms with Crippen LogP contribution in [0.4, 0.5) is 18.9 Å². The van der Waals surface area contributed by atoms with Gasteiger partial charge in [0.15, 0.2) is 5.69 Å². The molecule has 3 aromatic rings. The van der Waals surface area contributed by atoms with Gasteiger partial charge in [-0.25, -0.2) is 4.68 Å². The molecule has 0 saturated carbocycles. The second kappa shape index (κ2) is 7.35. The Kier molecular flexibility index (Phi) is 5.10. The number of carbonyl (C=O) groups excluding carboxylic acids is 1. The minimum Gasteiger partial charge on any atom is -0.384 e. The van der Waals surface area contributed by atoms with Gasteiger partial charge in [0, 0.05) is 16.3 Å². The molecule has 10 heteroatoms. The Bertz CT molecular complexity index is 1040. The number of amidine groups is 1. The first-order chi connectivity index (χ1) is 13.2. The van der Waals surface area contributed by atoms with Crippen LogP contribution in [0.3, 0.4) is 0 Å². The van der Waals surface area contributed by atoms with Crippen molar-refractivity contribution in [3.8, 4) is 5.69 Å². The summed E-state index contributed by atoms with van der Waals surface area (Å²) in [7, 11) is 0. The van der Waals surface area contributed by atoms with Crippen molar-refractivity contribution in [2.24, 2.45) is 5.73 Å². The molecule has 1 amide bonds. The molecule has 0 aliphatic carbocycles. The lowest BCUT2D eigenvalue weighted by Crippen LogP contribution is -2.21. The van der Waals surface area contributed by atoms with Gasteiger partial charge in [-0.05, 0) is 36.4 Å². The molecule has 28 heavy (non-hydrogen) atoms. The number of halogens is 4. The SMILES string of the molecule is N=C(N)c1cccc(NC(=O)c2cnn(-c3ccc(Cl)cc3)c2C(F)(F)F)c1. The zero-order valence-corrected chi connectivity index (χ0v) is 14.8. The zero-order chi connectivity index (χ0) is 20.5. The van der Waals surface area contributed by atoms with Crippen molar-refractivity contribution in [3.05, 3.63) is 76.6 Å². The molecular weight excluding hydrogens is 395 g/mol. The third-order valence-corrected chi connectivity index (χ3v) is 4.04. The van der Waals surface area contributed by atoms with Crippen molar-refractivity contribution in [1.29, 1.82) is 5.41 Å². The summed E-state index contributed by atoms with van der Waals surface area (Å²) in [5, 5.41) is 13.9. The van der Waals surface area contributed by atoms with Crippen LogP contribution >= 0.6 is 11.6 Å². The number of nitrogen functional groups attached to an aromatic ring is 1. The Morgan fingerprint density at radius 3 is 2.46 bits per heavy atom. The molecule has 1 aromatic heterocycles. The van der Waals surface area contributed by atoms with E-state index < -0.39 is 23.3 Å². The van der Waals surface area contributed by atoms with Gasteiger partial charge in [-0.3, -0.25) is 10.2 Å². The van der Waals surface area contributed by atoms with Crippen molar-refractivity contribution in [2.45, 2.75) is 6.18 Å². The maximum absolute atomic E-state index is 13.7. The fraction of sp³-hybridized carbons (Fsp3) is 0.0556. The number of rotatable bonds is 4. The minimum atomic E-state index is -4.83. The highest BCUT2D eigenvalue weighted by Crippen LogP contribution is 2.34. The zero-order valence-electron chi connectivity index (χ0n) is 14.1. The number of nitrogens with one attached hydrogen (secondary N) is 2. The van der Waals surface area contributed by atoms with Crippen LogP contribution in [0.25, 0.3) is 5.69 Å². The quantitative estimate of drug-likeness (QED) is 0.449. The third-order valence-electron chi connectivity index (χ3n) is 3.79. The smallest absolute Gasteiger partial charge is 0.384 e. The molecule has 0 fully saturated rings. The van der Waals surface area contributed by atoms with Crippen molar-refractivity contribution in [2.75, 3.05) is 5.32 Å². The van der Waals surface area contributed by atoms with Crippen LogP contribution < -0.4 is 11.1 Å². The van der Waals surface area contributed by atoms with Crippen LogP contribution in [0.15, 0.2) is 54.7 Å². The van der Waals surface area contributed by atoms with Gasteiger partial charge < -0.3 is 11.1 Å². The lowest BCUT2D eigenvalue weighted by Gasteiger charge is -2.13. The molecule has 0 saturated heterocycles. The Balaban J connectivity index is 2.00. The normalized spacial score (nSPS) is 11.3. The van der Waals surface area contributed by atoms with Gasteiger partial charge >= 0.3 is 6.18 Å². The number of alkyl halides is 3. The highest BCUT2D eigenvalue weighted by atomic mass is 35.5. The summed E-state index contributed by atoms with van der Waals surface area (Å²) in [6.45, 7) is 0. The molecule has 0 aliphatic heterocycles. The first-order valence-corrected chi connectivity index (χ1v) is 8.21. The number of aromatic nitrogens is 2. The van der Waals surface area contributed by atoms with E-state index in [2.05, 4.69) is 10.4 Å². The predicted octanol–water partition coefficient (Wildman–Crippen LogP) is 4.08. The van der Waals surface area contributed by atoms with Crippen molar-refractivity contribution in [3.63, 3.8) is 0 Å². The van der Waals surface area contributed by atoms with Crippen LogP contribution in [-0.4, -0.2) is 21.5 Å². The summed E-state index contributed by atoms with van der Waals surface area (Å²) < 4.78 is 41.6. The lowest BCUT2D eigenvalue weighted by atomic mass is 10.1. The fourth-order valence-corrected chi connectivity index (χ4v) is 2.65. The van der Waals surface area contributed by atoms with Gasteiger partial charge in [0.05, 0.1) is 17.4 Å². The van der Waals surface area contributed by atoms with Gasteiger partial charge in [-0.2, -0.15) is 18.3 Å². The van der Waals surface area contributed by atoms with E-state index in [1.54, 1.807) is 0 Å². The Morgan fingerprint density at radius 2 is 1.86 bits per heavy atom. The van der Waals surface area contributed by atoms with E-state index in [4.69, 9.17) is 22.7 Å². The third kappa shape index (κ3) is 3.99. The van der Waals surface area contributed by atoms with E-state index in [1.807, 2.05) is 0 Å². The maximum Gasteiger partial charge on any atom is 0.434 e. The molecule has 1 heterocycles. The second-order valence-electron chi connectivity index (χ2n) is 5.74. The predicted molar refractivity (Wildman–Crippen MR) is 99.0 cm³/mol. The number of anilines is 1. The molecule has 0 unspecified atom stereocenters. The molecule has 6 nitrogen and oxygen atoms in total. The fourth-order valence-electron chi connectivity index (χ4n) is 2.53.